The Morgan fingerprint density at radius 2 is 1.86 bits per heavy atom. The van der Waals surface area contributed by atoms with Crippen molar-refractivity contribution >= 4 is 17.9 Å². The highest BCUT2D eigenvalue weighted by Gasteiger charge is 2.30. The van der Waals surface area contributed by atoms with Crippen LogP contribution in [0.15, 0.2) is 23.3 Å². The molecule has 0 unspecified atom stereocenters. The molecule has 0 bridgehead atoms. The second-order valence-electron chi connectivity index (χ2n) is 8.31. The van der Waals surface area contributed by atoms with E-state index >= 15 is 0 Å². The molecule has 0 radical (unpaired) electrons. The zero-order chi connectivity index (χ0) is 22.1. The lowest BCUT2D eigenvalue weighted by Gasteiger charge is -2.34. The van der Waals surface area contributed by atoms with Gasteiger partial charge in [-0.15, -0.1) is 0 Å². The summed E-state index contributed by atoms with van der Waals surface area (Å²) >= 11 is 0. The first kappa shape index (κ1) is 24.5. The predicted molar refractivity (Wildman–Crippen MR) is 119 cm³/mol. The highest BCUT2D eigenvalue weighted by molar-refractivity contribution is 5.80. The summed E-state index contributed by atoms with van der Waals surface area (Å²) in [6.45, 7) is 10.8. The normalized spacial score (nSPS) is 12.3. The molecule has 0 spiro atoms. The quantitative estimate of drug-likeness (QED) is 0.454. The van der Waals surface area contributed by atoms with Gasteiger partial charge in [0.2, 0.25) is 0 Å². The van der Waals surface area contributed by atoms with E-state index in [2.05, 4.69) is 39.8 Å². The second kappa shape index (κ2) is 10.9. The summed E-state index contributed by atoms with van der Waals surface area (Å²) in [4.78, 5) is 22.9. The number of carbonyl (C=O) groups is 1. The molecule has 0 fully saturated rings. The molecular formula is C21H38N6O2. The van der Waals surface area contributed by atoms with Crippen LogP contribution in [0.25, 0.3) is 0 Å². The van der Waals surface area contributed by atoms with Gasteiger partial charge >= 0.3 is 6.09 Å². The summed E-state index contributed by atoms with van der Waals surface area (Å²) < 4.78 is 5.43. The number of nitrogens with zero attached hydrogens (tertiary/aromatic N) is 3. The van der Waals surface area contributed by atoms with E-state index in [4.69, 9.17) is 4.74 Å². The fourth-order valence-corrected chi connectivity index (χ4v) is 2.72. The summed E-state index contributed by atoms with van der Waals surface area (Å²) in [6, 6.07) is 4.01. The van der Waals surface area contributed by atoms with Gasteiger partial charge in [-0.1, -0.05) is 13.8 Å². The fraction of sp³-hybridized carbons (Fsp3) is 0.667. The largest absolute Gasteiger partial charge is 0.444 e. The van der Waals surface area contributed by atoms with Gasteiger partial charge in [0.1, 0.15) is 11.4 Å². The van der Waals surface area contributed by atoms with Crippen molar-refractivity contribution in [2.75, 3.05) is 32.6 Å². The highest BCUT2D eigenvalue weighted by atomic mass is 16.6. The van der Waals surface area contributed by atoms with Crippen LogP contribution < -0.4 is 20.9 Å². The van der Waals surface area contributed by atoms with Gasteiger partial charge in [-0.2, -0.15) is 0 Å². The Balaban J connectivity index is 2.69. The maximum atomic E-state index is 12.3. The third-order valence-corrected chi connectivity index (χ3v) is 4.67. The summed E-state index contributed by atoms with van der Waals surface area (Å²) in [5.74, 6) is 1.58. The Morgan fingerprint density at radius 3 is 2.38 bits per heavy atom. The Morgan fingerprint density at radius 1 is 1.21 bits per heavy atom. The lowest BCUT2D eigenvalue weighted by molar-refractivity contribution is 0.0448. The Labute approximate surface area is 175 Å². The first-order valence-corrected chi connectivity index (χ1v) is 10.1. The van der Waals surface area contributed by atoms with E-state index in [0.717, 1.165) is 24.2 Å². The van der Waals surface area contributed by atoms with Crippen molar-refractivity contribution < 1.29 is 9.53 Å². The molecule has 164 valence electrons. The van der Waals surface area contributed by atoms with Crippen LogP contribution >= 0.6 is 0 Å². The van der Waals surface area contributed by atoms with Gasteiger partial charge in [0.05, 0.1) is 5.54 Å². The number of aliphatic imine (C=N–C) groups is 1. The molecule has 1 aromatic heterocycles. The zero-order valence-corrected chi connectivity index (χ0v) is 19.2. The molecule has 1 aromatic rings. The molecule has 1 rings (SSSR count). The van der Waals surface area contributed by atoms with Gasteiger partial charge < -0.3 is 25.6 Å². The highest BCUT2D eigenvalue weighted by Crippen LogP contribution is 2.16. The number of hydrogen-bond donors (Lipinski definition) is 3. The number of anilines is 1. The van der Waals surface area contributed by atoms with E-state index in [1.165, 1.54) is 0 Å². The number of rotatable bonds is 8. The average Bonchev–Trinajstić information content (AvgIpc) is 2.65. The molecule has 0 saturated heterocycles. The first-order chi connectivity index (χ1) is 13.5. The minimum atomic E-state index is -0.529. The van der Waals surface area contributed by atoms with Crippen molar-refractivity contribution in [3.63, 3.8) is 0 Å². The van der Waals surface area contributed by atoms with E-state index in [-0.39, 0.29) is 0 Å². The monoisotopic (exact) mass is 406 g/mol. The van der Waals surface area contributed by atoms with Crippen molar-refractivity contribution in [1.82, 2.24) is 20.9 Å². The van der Waals surface area contributed by atoms with Crippen LogP contribution in [0.1, 0.15) is 53.0 Å². The number of hydrogen-bond acceptors (Lipinski definition) is 5. The van der Waals surface area contributed by atoms with E-state index in [9.17, 15) is 4.79 Å². The number of guanidine groups is 1. The number of aromatic nitrogens is 1. The summed E-state index contributed by atoms with van der Waals surface area (Å²) in [5.41, 5.74) is 0.156. The van der Waals surface area contributed by atoms with Crippen LogP contribution in [0, 0.1) is 0 Å². The Kier molecular flexibility index (Phi) is 9.20. The summed E-state index contributed by atoms with van der Waals surface area (Å²) in [7, 11) is 5.66. The molecule has 0 aliphatic carbocycles. The van der Waals surface area contributed by atoms with Gasteiger partial charge in [0, 0.05) is 40.4 Å². The minimum Gasteiger partial charge on any atom is -0.444 e. The molecule has 29 heavy (non-hydrogen) atoms. The molecule has 1 heterocycles. The maximum absolute atomic E-state index is 12.3. The van der Waals surface area contributed by atoms with Crippen LogP contribution in [0.5, 0.6) is 0 Å². The summed E-state index contributed by atoms with van der Waals surface area (Å²) in [6.07, 6.45) is 2.93. The number of pyridine rings is 1. The number of alkyl carbamates (subject to hydrolysis) is 1. The molecule has 0 aromatic carbocycles. The van der Waals surface area contributed by atoms with Crippen molar-refractivity contribution in [2.24, 2.45) is 4.99 Å². The molecule has 8 heteroatoms. The fourth-order valence-electron chi connectivity index (χ4n) is 2.72. The van der Waals surface area contributed by atoms with Crippen molar-refractivity contribution in [3.05, 3.63) is 23.9 Å². The van der Waals surface area contributed by atoms with Gasteiger partial charge in [-0.05, 0) is 51.3 Å². The molecule has 0 atom stereocenters. The van der Waals surface area contributed by atoms with Crippen LogP contribution in [-0.4, -0.2) is 55.9 Å². The van der Waals surface area contributed by atoms with E-state index < -0.39 is 17.2 Å². The Hall–Kier alpha value is -2.51. The van der Waals surface area contributed by atoms with Gasteiger partial charge in [0.15, 0.2) is 5.96 Å². The Bertz CT molecular complexity index is 678. The van der Waals surface area contributed by atoms with Crippen molar-refractivity contribution in [2.45, 2.75) is 65.1 Å². The van der Waals surface area contributed by atoms with Crippen LogP contribution in [-0.2, 0) is 11.3 Å². The predicted octanol–water partition coefficient (Wildman–Crippen LogP) is 2.90. The van der Waals surface area contributed by atoms with Crippen LogP contribution in [0.2, 0.25) is 0 Å². The van der Waals surface area contributed by atoms with Gasteiger partial charge in [-0.25, -0.2) is 9.78 Å². The number of amides is 1. The second-order valence-corrected chi connectivity index (χ2v) is 8.31. The number of nitrogens with one attached hydrogen (secondary N) is 3. The zero-order valence-electron chi connectivity index (χ0n) is 19.2. The molecule has 0 aliphatic heterocycles. The van der Waals surface area contributed by atoms with E-state index in [1.807, 2.05) is 51.9 Å². The van der Waals surface area contributed by atoms with E-state index in [1.54, 1.807) is 13.2 Å². The maximum Gasteiger partial charge on any atom is 0.408 e. The standard InChI is InChI=1S/C21H38N6O2/c1-9-21(10-2,26-19(28)29-20(3,4)5)15-25-18(22-6)24-14-16-11-12-23-17(13-16)27(7)8/h11-13H,9-10,14-15H2,1-8H3,(H,26,28)(H2,22,24,25). The van der Waals surface area contributed by atoms with Crippen LogP contribution in [0.3, 0.4) is 0 Å². The lowest BCUT2D eigenvalue weighted by atomic mass is 9.93. The van der Waals surface area contributed by atoms with Crippen LogP contribution in [0.4, 0.5) is 10.6 Å². The molecular weight excluding hydrogens is 368 g/mol. The molecule has 1 amide bonds. The topological polar surface area (TPSA) is 90.9 Å². The SMILES string of the molecule is CCC(CC)(CNC(=NC)NCc1ccnc(N(C)C)c1)NC(=O)OC(C)(C)C. The molecule has 0 aliphatic rings. The number of ether oxygens (including phenoxy) is 1. The van der Waals surface area contributed by atoms with Crippen molar-refractivity contribution in [1.29, 1.82) is 0 Å². The third kappa shape index (κ3) is 8.58. The van der Waals surface area contributed by atoms with Gasteiger partial charge in [-0.3, -0.25) is 4.99 Å². The first-order valence-electron chi connectivity index (χ1n) is 10.1. The number of carbonyl (C=O) groups excluding carboxylic acids is 1. The molecule has 0 saturated carbocycles. The average molecular weight is 407 g/mol. The van der Waals surface area contributed by atoms with Crippen molar-refractivity contribution in [3.8, 4) is 0 Å². The lowest BCUT2D eigenvalue weighted by Crippen LogP contribution is -2.57. The molecule has 8 nitrogen and oxygen atoms in total. The molecule has 3 N–H and O–H groups in total. The van der Waals surface area contributed by atoms with E-state index in [0.29, 0.717) is 19.0 Å². The minimum absolute atomic E-state index is 0.404. The smallest absolute Gasteiger partial charge is 0.408 e. The third-order valence-electron chi connectivity index (χ3n) is 4.67. The summed E-state index contributed by atoms with van der Waals surface area (Å²) in [5, 5.41) is 9.68. The van der Waals surface area contributed by atoms with Gasteiger partial charge in [0.25, 0.3) is 0 Å².